The molecule has 0 spiro atoms. The van der Waals surface area contributed by atoms with E-state index in [0.717, 1.165) is 12.8 Å². The van der Waals surface area contributed by atoms with Crippen LogP contribution in [0, 0.1) is 5.92 Å². The molecule has 0 fully saturated rings. The Morgan fingerprint density at radius 2 is 2.00 bits per heavy atom. The van der Waals surface area contributed by atoms with E-state index in [2.05, 4.69) is 13.8 Å². The first kappa shape index (κ1) is 9.92. The average Bonchev–Trinajstić information content (AvgIpc) is 1.99. The van der Waals surface area contributed by atoms with E-state index in [1.807, 2.05) is 0 Å². The quantitative estimate of drug-likeness (QED) is 0.599. The van der Waals surface area contributed by atoms with Crippen LogP contribution in [0.3, 0.4) is 0 Å². The molecule has 0 aromatic carbocycles. The first-order valence-electron chi connectivity index (χ1n) is 3.91. The minimum absolute atomic E-state index is 0.561. The van der Waals surface area contributed by atoms with Crippen molar-refractivity contribution in [1.29, 1.82) is 0 Å². The van der Waals surface area contributed by atoms with Crippen molar-refractivity contribution in [3.8, 4) is 0 Å². The number of hydrogen-bond acceptors (Lipinski definition) is 2. The molecule has 0 heterocycles. The van der Waals surface area contributed by atoms with Gasteiger partial charge in [0.15, 0.2) is 6.29 Å². The van der Waals surface area contributed by atoms with Crippen LogP contribution >= 0.6 is 0 Å². The predicted molar refractivity (Wildman–Crippen MR) is 41.7 cm³/mol. The van der Waals surface area contributed by atoms with Crippen molar-refractivity contribution in [1.82, 2.24) is 0 Å². The van der Waals surface area contributed by atoms with E-state index in [1.54, 1.807) is 0 Å². The van der Waals surface area contributed by atoms with Gasteiger partial charge in [-0.3, -0.25) is 0 Å². The molecule has 0 saturated heterocycles. The highest BCUT2D eigenvalue weighted by molar-refractivity contribution is 4.51. The van der Waals surface area contributed by atoms with E-state index in [-0.39, 0.29) is 0 Å². The van der Waals surface area contributed by atoms with Crippen LogP contribution in [0.5, 0.6) is 0 Å². The maximum absolute atomic E-state index is 8.98. The summed E-state index contributed by atoms with van der Waals surface area (Å²) in [5.74, 6) is 0.699. The normalized spacial score (nSPS) is 16.8. The highest BCUT2D eigenvalue weighted by Gasteiger charge is 2.04. The Morgan fingerprint density at radius 3 is 2.40 bits per heavy atom. The van der Waals surface area contributed by atoms with Gasteiger partial charge in [-0.2, -0.15) is 0 Å². The topological polar surface area (TPSA) is 29.5 Å². The highest BCUT2D eigenvalue weighted by Crippen LogP contribution is 2.10. The molecule has 2 atom stereocenters. The third kappa shape index (κ3) is 4.77. The monoisotopic (exact) mass is 146 g/mol. The summed E-state index contributed by atoms with van der Waals surface area (Å²) in [7, 11) is 1.53. The summed E-state index contributed by atoms with van der Waals surface area (Å²) in [4.78, 5) is 0. The zero-order valence-electron chi connectivity index (χ0n) is 7.13. The summed E-state index contributed by atoms with van der Waals surface area (Å²) in [5, 5.41) is 8.98. The molecular formula is C8H18O2. The first-order chi connectivity index (χ1) is 4.70. The molecule has 0 rings (SSSR count). The Morgan fingerprint density at radius 1 is 1.40 bits per heavy atom. The van der Waals surface area contributed by atoms with Gasteiger partial charge in [-0.1, -0.05) is 20.3 Å². The van der Waals surface area contributed by atoms with E-state index < -0.39 is 6.29 Å². The van der Waals surface area contributed by atoms with Crippen LogP contribution in [0.15, 0.2) is 0 Å². The molecule has 0 aliphatic carbocycles. The fourth-order valence-electron chi connectivity index (χ4n) is 0.749. The van der Waals surface area contributed by atoms with Gasteiger partial charge in [0, 0.05) is 7.11 Å². The van der Waals surface area contributed by atoms with Crippen molar-refractivity contribution < 1.29 is 9.84 Å². The lowest BCUT2D eigenvalue weighted by Crippen LogP contribution is -2.10. The first-order valence-corrected chi connectivity index (χ1v) is 3.91. The molecule has 1 N–H and O–H groups in total. The zero-order valence-corrected chi connectivity index (χ0v) is 7.13. The van der Waals surface area contributed by atoms with E-state index in [0.29, 0.717) is 5.92 Å². The van der Waals surface area contributed by atoms with Gasteiger partial charge in [0.25, 0.3) is 0 Å². The number of aliphatic hydroxyl groups excluding tert-OH is 1. The Bertz CT molecular complexity index is 63.7. The number of aliphatic hydroxyl groups is 1. The molecule has 0 aromatic rings. The maximum atomic E-state index is 8.98. The molecule has 0 amide bonds. The second-order valence-electron chi connectivity index (χ2n) is 2.78. The van der Waals surface area contributed by atoms with Gasteiger partial charge in [0.05, 0.1) is 0 Å². The average molecular weight is 146 g/mol. The summed E-state index contributed by atoms with van der Waals surface area (Å²) in [6.45, 7) is 4.34. The summed E-state index contributed by atoms with van der Waals surface area (Å²) in [6.07, 6.45) is 2.42. The molecule has 2 heteroatoms. The Balaban J connectivity index is 3.17. The lowest BCUT2D eigenvalue weighted by molar-refractivity contribution is -0.0809. The Hall–Kier alpha value is -0.0800. The van der Waals surface area contributed by atoms with Gasteiger partial charge in [-0.15, -0.1) is 0 Å². The van der Waals surface area contributed by atoms with E-state index in [9.17, 15) is 0 Å². The van der Waals surface area contributed by atoms with Crippen LogP contribution in [0.1, 0.15) is 33.1 Å². The second kappa shape index (κ2) is 5.69. The second-order valence-corrected chi connectivity index (χ2v) is 2.78. The summed E-state index contributed by atoms with van der Waals surface area (Å²) >= 11 is 0. The fraction of sp³-hybridized carbons (Fsp3) is 1.00. The van der Waals surface area contributed by atoms with Crippen molar-refractivity contribution in [3.05, 3.63) is 0 Å². The third-order valence-electron chi connectivity index (χ3n) is 1.88. The molecule has 2 unspecified atom stereocenters. The van der Waals surface area contributed by atoms with Crippen LogP contribution in [0.4, 0.5) is 0 Å². The third-order valence-corrected chi connectivity index (χ3v) is 1.88. The molecule has 0 bridgehead atoms. The molecule has 0 aliphatic heterocycles. The number of ether oxygens (including phenoxy) is 1. The van der Waals surface area contributed by atoms with Crippen LogP contribution < -0.4 is 0 Å². The van der Waals surface area contributed by atoms with Crippen molar-refractivity contribution >= 4 is 0 Å². The molecular weight excluding hydrogens is 128 g/mol. The number of hydrogen-bond donors (Lipinski definition) is 1. The lowest BCUT2D eigenvalue weighted by Gasteiger charge is -2.11. The van der Waals surface area contributed by atoms with Crippen LogP contribution in [-0.2, 0) is 4.74 Å². The summed E-state index contributed by atoms with van der Waals surface area (Å²) in [6, 6.07) is 0. The standard InChI is InChI=1S/C8H18O2/c1-4-7(2)5-6-8(9)10-3/h7-9H,4-6H2,1-3H3. The summed E-state index contributed by atoms with van der Waals surface area (Å²) in [5.41, 5.74) is 0. The van der Waals surface area contributed by atoms with E-state index in [4.69, 9.17) is 9.84 Å². The molecule has 10 heavy (non-hydrogen) atoms. The summed E-state index contributed by atoms with van der Waals surface area (Å²) < 4.78 is 4.70. The van der Waals surface area contributed by atoms with Gasteiger partial charge >= 0.3 is 0 Å². The molecule has 0 aromatic heterocycles. The van der Waals surface area contributed by atoms with Gasteiger partial charge in [-0.05, 0) is 18.8 Å². The van der Waals surface area contributed by atoms with Gasteiger partial charge in [0.2, 0.25) is 0 Å². The minimum atomic E-state index is -0.561. The molecule has 0 radical (unpaired) electrons. The van der Waals surface area contributed by atoms with Crippen molar-refractivity contribution in [2.45, 2.75) is 39.4 Å². The molecule has 62 valence electrons. The number of methoxy groups -OCH3 is 1. The Labute approximate surface area is 63.2 Å². The largest absolute Gasteiger partial charge is 0.368 e. The van der Waals surface area contributed by atoms with Crippen LogP contribution in [0.2, 0.25) is 0 Å². The minimum Gasteiger partial charge on any atom is -0.368 e. The molecule has 2 nitrogen and oxygen atoms in total. The van der Waals surface area contributed by atoms with Gasteiger partial charge < -0.3 is 9.84 Å². The Kier molecular flexibility index (Phi) is 5.64. The highest BCUT2D eigenvalue weighted by atomic mass is 16.6. The smallest absolute Gasteiger partial charge is 0.154 e. The van der Waals surface area contributed by atoms with Gasteiger partial charge in [0.1, 0.15) is 0 Å². The van der Waals surface area contributed by atoms with Crippen molar-refractivity contribution in [3.63, 3.8) is 0 Å². The molecule has 0 saturated carbocycles. The zero-order chi connectivity index (χ0) is 7.98. The van der Waals surface area contributed by atoms with Crippen molar-refractivity contribution in [2.75, 3.05) is 7.11 Å². The SMILES string of the molecule is CCC(C)CCC(O)OC. The van der Waals surface area contributed by atoms with Crippen molar-refractivity contribution in [2.24, 2.45) is 5.92 Å². The van der Waals surface area contributed by atoms with Gasteiger partial charge in [-0.25, -0.2) is 0 Å². The molecule has 0 aliphatic rings. The lowest BCUT2D eigenvalue weighted by atomic mass is 10.0. The maximum Gasteiger partial charge on any atom is 0.154 e. The van der Waals surface area contributed by atoms with Crippen LogP contribution in [0.25, 0.3) is 0 Å². The predicted octanol–water partition coefficient (Wildman–Crippen LogP) is 1.78. The van der Waals surface area contributed by atoms with E-state index in [1.165, 1.54) is 13.5 Å². The number of rotatable bonds is 5. The van der Waals surface area contributed by atoms with Crippen LogP contribution in [-0.4, -0.2) is 18.5 Å². The van der Waals surface area contributed by atoms with E-state index >= 15 is 0 Å². The fourth-order valence-corrected chi connectivity index (χ4v) is 0.749.